The van der Waals surface area contributed by atoms with E-state index in [1.54, 1.807) is 11.3 Å². The first-order valence-electron chi connectivity index (χ1n) is 11.4. The molecule has 33 heavy (non-hydrogen) atoms. The minimum absolute atomic E-state index is 0.0478. The average molecular weight is 480 g/mol. The number of nitrogens with zero attached hydrogens (tertiary/aromatic N) is 1. The van der Waals surface area contributed by atoms with Gasteiger partial charge >= 0.3 is 0 Å². The minimum atomic E-state index is 0.0478. The van der Waals surface area contributed by atoms with Crippen molar-refractivity contribution in [3.63, 3.8) is 0 Å². The third-order valence-corrected chi connectivity index (χ3v) is 7.06. The predicted octanol–water partition coefficient (Wildman–Crippen LogP) is 7.05. The summed E-state index contributed by atoms with van der Waals surface area (Å²) in [6.45, 7) is 9.95. The molecule has 0 unspecified atom stereocenters. The molecule has 4 nitrogen and oxygen atoms in total. The highest BCUT2D eigenvalue weighted by atomic mass is 32.1. The number of piperidine rings is 1. The Labute approximate surface area is 207 Å². The van der Waals surface area contributed by atoms with Crippen LogP contribution in [0.3, 0.4) is 0 Å². The smallest absolute Gasteiger partial charge is 0.174 e. The highest BCUT2D eigenvalue weighted by Crippen LogP contribution is 2.33. The number of nitrogens with one attached hydrogen (secondary N) is 2. The molecule has 3 aromatic rings. The van der Waals surface area contributed by atoms with E-state index >= 15 is 0 Å². The average Bonchev–Trinajstić information content (AvgIpc) is 3.25. The number of rotatable bonds is 6. The van der Waals surface area contributed by atoms with Crippen molar-refractivity contribution in [2.75, 3.05) is 5.32 Å². The zero-order chi connectivity index (χ0) is 23.5. The molecule has 1 fully saturated rings. The molecular formula is C27H33N3OS2. The van der Waals surface area contributed by atoms with Crippen LogP contribution in [0.5, 0.6) is 11.5 Å². The van der Waals surface area contributed by atoms with Crippen LogP contribution in [0, 0.1) is 0 Å². The fourth-order valence-electron chi connectivity index (χ4n) is 4.85. The summed E-state index contributed by atoms with van der Waals surface area (Å²) in [7, 11) is 0. The topological polar surface area (TPSA) is 36.5 Å². The van der Waals surface area contributed by atoms with Gasteiger partial charge in [0.15, 0.2) is 5.11 Å². The van der Waals surface area contributed by atoms with Gasteiger partial charge in [0.2, 0.25) is 0 Å². The Morgan fingerprint density at radius 2 is 1.61 bits per heavy atom. The lowest BCUT2D eigenvalue weighted by Crippen LogP contribution is -2.63. The summed E-state index contributed by atoms with van der Waals surface area (Å²) in [5.41, 5.74) is 1.06. The van der Waals surface area contributed by atoms with Crippen LogP contribution >= 0.6 is 23.6 Å². The van der Waals surface area contributed by atoms with Crippen molar-refractivity contribution in [1.29, 1.82) is 0 Å². The lowest BCUT2D eigenvalue weighted by molar-refractivity contribution is 0.102. The van der Waals surface area contributed by atoms with E-state index in [-0.39, 0.29) is 11.1 Å². The number of anilines is 1. The van der Waals surface area contributed by atoms with Crippen molar-refractivity contribution in [3.8, 4) is 11.5 Å². The third-order valence-electron chi connectivity index (χ3n) is 5.86. The highest BCUT2D eigenvalue weighted by Gasteiger charge is 2.40. The largest absolute Gasteiger partial charge is 0.457 e. The molecule has 1 aromatic heterocycles. The van der Waals surface area contributed by atoms with Crippen molar-refractivity contribution >= 4 is 34.4 Å². The summed E-state index contributed by atoms with van der Waals surface area (Å²) in [5.74, 6) is 1.63. The van der Waals surface area contributed by atoms with Crippen molar-refractivity contribution < 1.29 is 4.74 Å². The summed E-state index contributed by atoms with van der Waals surface area (Å²) >= 11 is 7.75. The number of hydrogen-bond acceptors (Lipinski definition) is 4. The molecule has 174 valence electrons. The Morgan fingerprint density at radius 1 is 0.970 bits per heavy atom. The summed E-state index contributed by atoms with van der Waals surface area (Å²) in [6.07, 6.45) is 2.07. The minimum Gasteiger partial charge on any atom is -0.457 e. The third kappa shape index (κ3) is 6.56. The van der Waals surface area contributed by atoms with Crippen LogP contribution in [-0.2, 0) is 6.54 Å². The monoisotopic (exact) mass is 479 g/mol. The van der Waals surface area contributed by atoms with Gasteiger partial charge in [-0.1, -0.05) is 24.3 Å². The van der Waals surface area contributed by atoms with Crippen LogP contribution in [0.4, 0.5) is 5.69 Å². The van der Waals surface area contributed by atoms with E-state index in [2.05, 4.69) is 60.7 Å². The van der Waals surface area contributed by atoms with Crippen LogP contribution in [0.15, 0.2) is 72.1 Å². The molecule has 1 saturated heterocycles. The summed E-state index contributed by atoms with van der Waals surface area (Å²) in [4.78, 5) is 3.69. The SMILES string of the molecule is CC1(C)CC(N(Cc2cccs2)C(=S)Nc2ccc(Oc3ccccc3)cc2)CC(C)(C)N1. The van der Waals surface area contributed by atoms with Crippen LogP contribution in [0.25, 0.3) is 0 Å². The molecule has 0 spiro atoms. The summed E-state index contributed by atoms with van der Waals surface area (Å²) in [6, 6.07) is 22.4. The van der Waals surface area contributed by atoms with Crippen molar-refractivity contribution in [2.45, 2.75) is 64.2 Å². The molecule has 0 radical (unpaired) electrons. The second kappa shape index (κ2) is 9.84. The van der Waals surface area contributed by atoms with E-state index < -0.39 is 0 Å². The molecule has 2 aromatic carbocycles. The number of benzene rings is 2. The normalized spacial score (nSPS) is 17.3. The van der Waals surface area contributed by atoms with Gasteiger partial charge in [-0.05, 0) is 101 Å². The Balaban J connectivity index is 1.49. The van der Waals surface area contributed by atoms with Gasteiger partial charge in [-0.2, -0.15) is 0 Å². The second-order valence-corrected chi connectivity index (χ2v) is 11.5. The van der Waals surface area contributed by atoms with Gasteiger partial charge in [0.25, 0.3) is 0 Å². The van der Waals surface area contributed by atoms with E-state index in [0.29, 0.717) is 6.04 Å². The Hall–Kier alpha value is -2.41. The zero-order valence-electron chi connectivity index (χ0n) is 19.8. The molecule has 0 saturated carbocycles. The number of thiocarbonyl (C=S) groups is 1. The van der Waals surface area contributed by atoms with Crippen molar-refractivity contribution in [1.82, 2.24) is 10.2 Å². The highest BCUT2D eigenvalue weighted by molar-refractivity contribution is 7.80. The van der Waals surface area contributed by atoms with Gasteiger partial charge in [0.05, 0.1) is 6.54 Å². The molecule has 6 heteroatoms. The first kappa shape index (κ1) is 23.7. The quantitative estimate of drug-likeness (QED) is 0.371. The van der Waals surface area contributed by atoms with E-state index in [0.717, 1.165) is 41.7 Å². The fourth-order valence-corrected chi connectivity index (χ4v) is 5.89. The number of thiophene rings is 1. The molecule has 2 N–H and O–H groups in total. The first-order valence-corrected chi connectivity index (χ1v) is 12.7. The molecule has 4 rings (SSSR count). The molecule has 1 aliphatic heterocycles. The fraction of sp³-hybridized carbons (Fsp3) is 0.370. The van der Waals surface area contributed by atoms with Gasteiger partial charge in [-0.3, -0.25) is 0 Å². The molecule has 0 atom stereocenters. The maximum Gasteiger partial charge on any atom is 0.174 e. The summed E-state index contributed by atoms with van der Waals surface area (Å²) in [5, 5.41) is 10.2. The standard InChI is InChI=1S/C27H33N3OS2/c1-26(2)17-21(18-27(3,4)29-26)30(19-24-11-8-16-33-24)25(32)28-20-12-14-23(15-13-20)31-22-9-6-5-7-10-22/h5-16,21,29H,17-19H2,1-4H3,(H,28,32). The predicted molar refractivity (Wildman–Crippen MR) is 143 cm³/mol. The molecule has 1 aliphatic rings. The van der Waals surface area contributed by atoms with Crippen molar-refractivity contribution in [2.24, 2.45) is 0 Å². The lowest BCUT2D eigenvalue weighted by atomic mass is 9.79. The van der Waals surface area contributed by atoms with Crippen LogP contribution < -0.4 is 15.4 Å². The second-order valence-electron chi connectivity index (χ2n) is 10.0. The Morgan fingerprint density at radius 3 is 2.21 bits per heavy atom. The van der Waals surface area contributed by atoms with Crippen LogP contribution in [0.2, 0.25) is 0 Å². The number of ether oxygens (including phenoxy) is 1. The summed E-state index contributed by atoms with van der Waals surface area (Å²) < 4.78 is 5.92. The van der Waals surface area contributed by atoms with E-state index in [1.807, 2.05) is 54.6 Å². The van der Waals surface area contributed by atoms with Gasteiger partial charge in [0, 0.05) is 27.7 Å². The van der Waals surface area contributed by atoms with Gasteiger partial charge in [-0.25, -0.2) is 0 Å². The molecule has 0 aliphatic carbocycles. The van der Waals surface area contributed by atoms with Gasteiger partial charge in [-0.15, -0.1) is 11.3 Å². The molecule has 2 heterocycles. The first-order chi connectivity index (χ1) is 15.7. The van der Waals surface area contributed by atoms with E-state index in [4.69, 9.17) is 17.0 Å². The number of hydrogen-bond donors (Lipinski definition) is 2. The maximum absolute atomic E-state index is 5.97. The molecule has 0 amide bonds. The van der Waals surface area contributed by atoms with E-state index in [1.165, 1.54) is 4.88 Å². The Kier molecular flexibility index (Phi) is 7.07. The van der Waals surface area contributed by atoms with Crippen LogP contribution in [-0.4, -0.2) is 27.1 Å². The lowest BCUT2D eigenvalue weighted by Gasteiger charge is -2.50. The van der Waals surface area contributed by atoms with E-state index in [9.17, 15) is 0 Å². The van der Waals surface area contributed by atoms with Gasteiger partial charge in [0.1, 0.15) is 11.5 Å². The van der Waals surface area contributed by atoms with Crippen molar-refractivity contribution in [3.05, 3.63) is 77.0 Å². The molecule has 0 bridgehead atoms. The maximum atomic E-state index is 5.97. The van der Waals surface area contributed by atoms with Crippen LogP contribution in [0.1, 0.15) is 45.4 Å². The molecular weight excluding hydrogens is 446 g/mol. The number of para-hydroxylation sites is 1. The van der Waals surface area contributed by atoms with Gasteiger partial charge < -0.3 is 20.3 Å². The zero-order valence-corrected chi connectivity index (χ0v) is 21.4. The Bertz CT molecular complexity index is 1030.